The van der Waals surface area contributed by atoms with Crippen LogP contribution in [0.2, 0.25) is 0 Å². The van der Waals surface area contributed by atoms with Gasteiger partial charge in [0.15, 0.2) is 5.16 Å². The van der Waals surface area contributed by atoms with Crippen molar-refractivity contribution in [3.05, 3.63) is 16.4 Å². The highest BCUT2D eigenvalue weighted by molar-refractivity contribution is 9.10. The molecule has 0 aliphatic heterocycles. The van der Waals surface area contributed by atoms with E-state index in [1.165, 1.54) is 18.0 Å². The minimum absolute atomic E-state index is 0.205. The fourth-order valence-corrected chi connectivity index (χ4v) is 1.56. The van der Waals surface area contributed by atoms with Crippen molar-refractivity contribution in [2.24, 2.45) is 0 Å². The number of rotatable bonds is 2. The second-order valence-electron chi connectivity index (χ2n) is 1.83. The van der Waals surface area contributed by atoms with Gasteiger partial charge in [0.2, 0.25) is 0 Å². The molecule has 0 atom stereocenters. The zero-order chi connectivity index (χ0) is 9.14. The van der Waals surface area contributed by atoms with Crippen LogP contribution < -0.4 is 0 Å². The molecular weight excluding hydrogens is 264 g/mol. The van der Waals surface area contributed by atoms with Crippen LogP contribution >= 0.6 is 39.3 Å². The Hall–Kier alpha value is -0.130. The highest BCUT2D eigenvalue weighted by Crippen LogP contribution is 2.18. The molecule has 0 N–H and O–H groups in total. The topological polar surface area (TPSA) is 42.9 Å². The van der Waals surface area contributed by atoms with Crippen LogP contribution in [-0.4, -0.2) is 21.5 Å². The monoisotopic (exact) mass is 266 g/mol. The molecule has 0 spiro atoms. The van der Waals surface area contributed by atoms with E-state index in [9.17, 15) is 4.79 Å². The van der Waals surface area contributed by atoms with Gasteiger partial charge in [-0.3, -0.25) is 4.79 Å². The third kappa shape index (κ3) is 2.18. The third-order valence-electron chi connectivity index (χ3n) is 1.09. The Bertz CT molecular complexity index is 320. The highest BCUT2D eigenvalue weighted by atomic mass is 79.9. The maximum absolute atomic E-state index is 10.8. The van der Waals surface area contributed by atoms with Crippen LogP contribution in [0.25, 0.3) is 0 Å². The van der Waals surface area contributed by atoms with E-state index in [0.717, 1.165) is 0 Å². The number of carbonyl (C=O) groups is 1. The molecule has 1 heterocycles. The van der Waals surface area contributed by atoms with Gasteiger partial charge in [0, 0.05) is 6.20 Å². The second kappa shape index (κ2) is 4.20. The van der Waals surface area contributed by atoms with Crippen LogP contribution in [0.1, 0.15) is 10.5 Å². The molecule has 12 heavy (non-hydrogen) atoms. The third-order valence-corrected chi connectivity index (χ3v) is 2.41. The summed E-state index contributed by atoms with van der Waals surface area (Å²) in [6, 6.07) is 0. The molecule has 0 aromatic carbocycles. The van der Waals surface area contributed by atoms with E-state index in [0.29, 0.717) is 9.63 Å². The largest absolute Gasteiger partial charge is 0.274 e. The number of thioether (sulfide) groups is 1. The zero-order valence-corrected chi connectivity index (χ0v) is 9.20. The Morgan fingerprint density at radius 2 is 2.42 bits per heavy atom. The molecule has 0 aliphatic rings. The number of halogens is 2. The molecule has 0 unspecified atom stereocenters. The van der Waals surface area contributed by atoms with E-state index in [2.05, 4.69) is 25.9 Å². The van der Waals surface area contributed by atoms with Crippen molar-refractivity contribution in [2.45, 2.75) is 5.16 Å². The summed E-state index contributed by atoms with van der Waals surface area (Å²) in [6.07, 6.45) is 3.33. The molecule has 1 rings (SSSR count). The Balaban J connectivity index is 3.17. The molecule has 0 radical (unpaired) electrons. The smallest absolute Gasteiger partial charge is 0.272 e. The van der Waals surface area contributed by atoms with Crippen molar-refractivity contribution >= 4 is 44.5 Å². The van der Waals surface area contributed by atoms with Gasteiger partial charge in [0.05, 0.1) is 4.47 Å². The average Bonchev–Trinajstić information content (AvgIpc) is 2.05. The van der Waals surface area contributed by atoms with Crippen molar-refractivity contribution in [2.75, 3.05) is 6.26 Å². The molecule has 0 fully saturated rings. The summed E-state index contributed by atoms with van der Waals surface area (Å²) >= 11 is 9.74. The summed E-state index contributed by atoms with van der Waals surface area (Å²) < 4.78 is 0.514. The lowest BCUT2D eigenvalue weighted by Gasteiger charge is -1.98. The molecule has 0 amide bonds. The van der Waals surface area contributed by atoms with Crippen LogP contribution in [0.5, 0.6) is 0 Å². The standard InChI is InChI=1S/C6H4BrClN2OS/c1-12-6-9-2-3(7)4(10-6)5(8)11/h2H,1H3. The van der Waals surface area contributed by atoms with Crippen LogP contribution in [0, 0.1) is 0 Å². The maximum Gasteiger partial charge on any atom is 0.272 e. The number of carbonyl (C=O) groups excluding carboxylic acids is 1. The van der Waals surface area contributed by atoms with Gasteiger partial charge in [0.1, 0.15) is 5.69 Å². The summed E-state index contributed by atoms with van der Waals surface area (Å²) in [5, 5.41) is -0.0539. The molecule has 1 aromatic rings. The molecule has 3 nitrogen and oxygen atoms in total. The van der Waals surface area contributed by atoms with Gasteiger partial charge in [-0.15, -0.1) is 0 Å². The van der Waals surface area contributed by atoms with Gasteiger partial charge >= 0.3 is 0 Å². The molecule has 64 valence electrons. The van der Waals surface area contributed by atoms with E-state index in [1.54, 1.807) is 0 Å². The first-order valence-corrected chi connectivity index (χ1v) is 5.31. The number of nitrogens with zero attached hydrogens (tertiary/aromatic N) is 2. The first-order chi connectivity index (χ1) is 5.65. The lowest BCUT2D eigenvalue weighted by molar-refractivity contribution is 0.107. The van der Waals surface area contributed by atoms with Crippen molar-refractivity contribution in [3.8, 4) is 0 Å². The quantitative estimate of drug-likeness (QED) is 0.469. The van der Waals surface area contributed by atoms with Crippen LogP contribution in [0.15, 0.2) is 15.8 Å². The van der Waals surface area contributed by atoms with Gasteiger partial charge < -0.3 is 0 Å². The Morgan fingerprint density at radius 1 is 1.75 bits per heavy atom. The van der Waals surface area contributed by atoms with Crippen molar-refractivity contribution < 1.29 is 4.79 Å². The Kier molecular flexibility index (Phi) is 3.49. The van der Waals surface area contributed by atoms with Gasteiger partial charge in [-0.2, -0.15) is 0 Å². The highest BCUT2D eigenvalue weighted by Gasteiger charge is 2.10. The second-order valence-corrected chi connectivity index (χ2v) is 3.80. The Labute approximate surface area is 87.1 Å². The average molecular weight is 268 g/mol. The van der Waals surface area contributed by atoms with E-state index in [-0.39, 0.29) is 5.69 Å². The summed E-state index contributed by atoms with van der Waals surface area (Å²) in [6.45, 7) is 0. The zero-order valence-electron chi connectivity index (χ0n) is 6.04. The summed E-state index contributed by atoms with van der Waals surface area (Å²) in [4.78, 5) is 18.6. The van der Waals surface area contributed by atoms with E-state index in [4.69, 9.17) is 11.6 Å². The number of hydrogen-bond donors (Lipinski definition) is 0. The predicted octanol–water partition coefficient (Wildman–Crippen LogP) is 2.34. The van der Waals surface area contributed by atoms with Gasteiger partial charge in [-0.1, -0.05) is 11.8 Å². The minimum atomic E-state index is -0.584. The SMILES string of the molecule is CSc1ncc(Br)c(C(=O)Cl)n1. The van der Waals surface area contributed by atoms with E-state index in [1.807, 2.05) is 6.26 Å². The molecule has 1 aromatic heterocycles. The summed E-state index contributed by atoms with van der Waals surface area (Å²) in [5.41, 5.74) is 0.205. The van der Waals surface area contributed by atoms with E-state index < -0.39 is 5.24 Å². The fourth-order valence-electron chi connectivity index (χ4n) is 0.587. The minimum Gasteiger partial charge on any atom is -0.274 e. The molecule has 0 bridgehead atoms. The van der Waals surface area contributed by atoms with Crippen molar-refractivity contribution in [1.29, 1.82) is 0 Å². The van der Waals surface area contributed by atoms with Crippen molar-refractivity contribution in [3.63, 3.8) is 0 Å². The van der Waals surface area contributed by atoms with Gasteiger partial charge in [-0.05, 0) is 33.8 Å². The summed E-state index contributed by atoms with van der Waals surface area (Å²) in [5.74, 6) is 0. The summed E-state index contributed by atoms with van der Waals surface area (Å²) in [7, 11) is 0. The lowest BCUT2D eigenvalue weighted by Crippen LogP contribution is -1.98. The first kappa shape index (κ1) is 9.95. The molecule has 0 saturated heterocycles. The molecular formula is C6H4BrClN2OS. The number of hydrogen-bond acceptors (Lipinski definition) is 4. The normalized spacial score (nSPS) is 9.92. The van der Waals surface area contributed by atoms with Crippen LogP contribution in [-0.2, 0) is 0 Å². The first-order valence-electron chi connectivity index (χ1n) is 2.91. The van der Waals surface area contributed by atoms with E-state index >= 15 is 0 Å². The molecule has 6 heteroatoms. The van der Waals surface area contributed by atoms with Crippen LogP contribution in [0.4, 0.5) is 0 Å². The predicted molar refractivity (Wildman–Crippen MR) is 51.7 cm³/mol. The van der Waals surface area contributed by atoms with Crippen molar-refractivity contribution in [1.82, 2.24) is 9.97 Å². The van der Waals surface area contributed by atoms with Crippen LogP contribution in [0.3, 0.4) is 0 Å². The lowest BCUT2D eigenvalue weighted by atomic mass is 10.4. The number of aromatic nitrogens is 2. The fraction of sp³-hybridized carbons (Fsp3) is 0.167. The molecule has 0 aliphatic carbocycles. The maximum atomic E-state index is 10.8. The Morgan fingerprint density at radius 3 is 2.92 bits per heavy atom. The van der Waals surface area contributed by atoms with Gasteiger partial charge in [0.25, 0.3) is 5.24 Å². The molecule has 0 saturated carbocycles. The van der Waals surface area contributed by atoms with Gasteiger partial charge in [-0.25, -0.2) is 9.97 Å².